The predicted molar refractivity (Wildman–Crippen MR) is 57.2 cm³/mol. The molecule has 2 fully saturated rings. The molecule has 0 N–H and O–H groups in total. The van der Waals surface area contributed by atoms with Gasteiger partial charge in [-0.25, -0.2) is 0 Å². The van der Waals surface area contributed by atoms with Gasteiger partial charge >= 0.3 is 0 Å². The molecule has 2 aliphatic rings. The zero-order valence-electron chi connectivity index (χ0n) is 7.33. The monoisotopic (exact) mass is 200 g/mol. The Morgan fingerprint density at radius 1 is 1.25 bits per heavy atom. The highest BCUT2D eigenvalue weighted by atomic mass is 33.2. The van der Waals surface area contributed by atoms with E-state index >= 15 is 0 Å². The van der Waals surface area contributed by atoms with Crippen LogP contribution >= 0.6 is 21.6 Å². The first-order valence-electron chi connectivity index (χ1n) is 4.10. The molecule has 1 heterocycles. The van der Waals surface area contributed by atoms with E-state index in [1.54, 1.807) is 0 Å². The van der Waals surface area contributed by atoms with Crippen LogP contribution in [0, 0.1) is 0 Å². The van der Waals surface area contributed by atoms with E-state index in [4.69, 9.17) is 0 Å². The molecule has 0 unspecified atom stereocenters. The van der Waals surface area contributed by atoms with E-state index in [1.807, 2.05) is 40.7 Å². The Morgan fingerprint density at radius 2 is 2.00 bits per heavy atom. The fourth-order valence-corrected chi connectivity index (χ4v) is 2.83. The molecule has 0 amide bonds. The van der Waals surface area contributed by atoms with Crippen LogP contribution in [-0.4, -0.2) is 24.8 Å². The Hall–Kier alpha value is -0.0900. The van der Waals surface area contributed by atoms with Gasteiger partial charge in [0, 0.05) is 14.1 Å². The van der Waals surface area contributed by atoms with Crippen LogP contribution in [0.25, 0.3) is 0 Å². The Balaban J connectivity index is 2.20. The molecule has 0 aromatic heterocycles. The Labute approximate surface area is 80.9 Å². The lowest BCUT2D eigenvalue weighted by Gasteiger charge is -2.06. The molecule has 0 aromatic carbocycles. The third kappa shape index (κ3) is 1.80. The largest absolute Gasteiger partial charge is 0.303 e. The fourth-order valence-electron chi connectivity index (χ4n) is 1.42. The predicted octanol–water partition coefficient (Wildman–Crippen LogP) is 2.69. The van der Waals surface area contributed by atoms with E-state index in [0.29, 0.717) is 0 Å². The van der Waals surface area contributed by atoms with Crippen molar-refractivity contribution < 1.29 is 0 Å². The maximum atomic E-state index is 4.48. The first-order valence-corrected chi connectivity index (χ1v) is 6.25. The Bertz CT molecular complexity index is 250. The van der Waals surface area contributed by atoms with Crippen LogP contribution in [0.15, 0.2) is 14.9 Å². The average Bonchev–Trinajstić information content (AvgIpc) is 2.73. The molecule has 1 aliphatic carbocycles. The molecule has 0 spiro atoms. The van der Waals surface area contributed by atoms with Crippen molar-refractivity contribution in [3.05, 3.63) is 9.81 Å². The van der Waals surface area contributed by atoms with Gasteiger partial charge in [0.1, 0.15) is 0 Å². The van der Waals surface area contributed by atoms with Crippen molar-refractivity contribution >= 4 is 27.3 Å². The zero-order chi connectivity index (χ0) is 8.55. The lowest BCUT2D eigenvalue weighted by molar-refractivity contribution is 0.437. The van der Waals surface area contributed by atoms with E-state index in [-0.39, 0.29) is 0 Å². The smallest absolute Gasteiger partial charge is 0.0677 e. The maximum absolute atomic E-state index is 4.48. The molecule has 1 saturated heterocycles. The van der Waals surface area contributed by atoms with Crippen LogP contribution in [-0.2, 0) is 0 Å². The van der Waals surface area contributed by atoms with Crippen molar-refractivity contribution in [2.75, 3.05) is 14.1 Å². The van der Waals surface area contributed by atoms with Gasteiger partial charge in [0.2, 0.25) is 0 Å². The highest BCUT2D eigenvalue weighted by molar-refractivity contribution is 8.96. The molecular weight excluding hydrogens is 188 g/mol. The minimum absolute atomic E-state index is 1.16. The summed E-state index contributed by atoms with van der Waals surface area (Å²) in [6.45, 7) is 0. The second-order valence-electron chi connectivity index (χ2n) is 3.18. The topological polar surface area (TPSA) is 15.6 Å². The number of allylic oxidation sites excluding steroid dienone is 1. The summed E-state index contributed by atoms with van der Waals surface area (Å²) in [6.07, 6.45) is 3.69. The highest BCUT2D eigenvalue weighted by Gasteiger charge is 2.27. The summed E-state index contributed by atoms with van der Waals surface area (Å²) in [5.41, 5.74) is 2.83. The van der Waals surface area contributed by atoms with Crippen LogP contribution in [0.1, 0.15) is 19.3 Å². The quantitative estimate of drug-likeness (QED) is 0.368. The first kappa shape index (κ1) is 8.51. The SMILES string of the molecule is CN(C)N=C1CCCC1=C1SS1. The van der Waals surface area contributed by atoms with Crippen molar-refractivity contribution in [2.24, 2.45) is 5.10 Å². The molecule has 66 valence electrons. The van der Waals surface area contributed by atoms with Crippen LogP contribution in [0.5, 0.6) is 0 Å². The van der Waals surface area contributed by atoms with Gasteiger partial charge in [0.25, 0.3) is 0 Å². The fraction of sp³-hybridized carbons (Fsp3) is 0.625. The second kappa shape index (κ2) is 3.34. The van der Waals surface area contributed by atoms with E-state index in [0.717, 1.165) is 6.42 Å². The Morgan fingerprint density at radius 3 is 2.58 bits per heavy atom. The number of hydrogen-bond acceptors (Lipinski definition) is 4. The molecule has 12 heavy (non-hydrogen) atoms. The van der Waals surface area contributed by atoms with Crippen LogP contribution < -0.4 is 0 Å². The van der Waals surface area contributed by atoms with Gasteiger partial charge in [-0.15, -0.1) is 0 Å². The van der Waals surface area contributed by atoms with Gasteiger partial charge in [0.15, 0.2) is 0 Å². The number of rotatable bonds is 1. The third-order valence-electron chi connectivity index (χ3n) is 1.92. The molecule has 0 atom stereocenters. The van der Waals surface area contributed by atoms with Crippen molar-refractivity contribution in [3.8, 4) is 0 Å². The highest BCUT2D eigenvalue weighted by Crippen LogP contribution is 2.61. The third-order valence-corrected chi connectivity index (χ3v) is 3.75. The molecule has 4 heteroatoms. The van der Waals surface area contributed by atoms with Crippen molar-refractivity contribution in [1.29, 1.82) is 0 Å². The lowest BCUT2D eigenvalue weighted by atomic mass is 10.2. The minimum atomic E-state index is 1.16. The van der Waals surface area contributed by atoms with Crippen molar-refractivity contribution in [1.82, 2.24) is 5.01 Å². The summed E-state index contributed by atoms with van der Waals surface area (Å²) < 4.78 is 1.51. The number of nitrogens with zero attached hydrogens (tertiary/aromatic N) is 2. The van der Waals surface area contributed by atoms with Gasteiger partial charge in [-0.1, -0.05) is 0 Å². The maximum Gasteiger partial charge on any atom is 0.0677 e. The number of hydrogen-bond donors (Lipinski definition) is 0. The summed E-state index contributed by atoms with van der Waals surface area (Å²) in [4.78, 5) is 0. The summed E-state index contributed by atoms with van der Waals surface area (Å²) >= 11 is 0. The van der Waals surface area contributed by atoms with E-state index in [9.17, 15) is 0 Å². The molecule has 0 bridgehead atoms. The zero-order valence-corrected chi connectivity index (χ0v) is 8.97. The van der Waals surface area contributed by atoms with Crippen molar-refractivity contribution in [2.45, 2.75) is 19.3 Å². The van der Waals surface area contributed by atoms with Gasteiger partial charge in [-0.05, 0) is 46.4 Å². The molecule has 0 aromatic rings. The molecular formula is C8H12N2S2. The summed E-state index contributed by atoms with van der Waals surface area (Å²) in [7, 11) is 7.76. The van der Waals surface area contributed by atoms with Gasteiger partial charge in [0.05, 0.1) is 9.95 Å². The second-order valence-corrected chi connectivity index (χ2v) is 5.59. The summed E-state index contributed by atoms with van der Waals surface area (Å²) in [6, 6.07) is 0. The lowest BCUT2D eigenvalue weighted by Crippen LogP contribution is -2.07. The normalized spacial score (nSPS) is 25.3. The molecule has 1 saturated carbocycles. The molecule has 0 radical (unpaired) electrons. The van der Waals surface area contributed by atoms with Gasteiger partial charge < -0.3 is 5.01 Å². The van der Waals surface area contributed by atoms with Crippen molar-refractivity contribution in [3.63, 3.8) is 0 Å². The molecule has 2 rings (SSSR count). The van der Waals surface area contributed by atoms with Gasteiger partial charge in [-0.2, -0.15) is 5.10 Å². The number of hydrazone groups is 1. The van der Waals surface area contributed by atoms with Crippen LogP contribution in [0.2, 0.25) is 0 Å². The summed E-state index contributed by atoms with van der Waals surface area (Å²) in [5.74, 6) is 0. The molecule has 2 nitrogen and oxygen atoms in total. The average molecular weight is 200 g/mol. The molecule has 1 aliphatic heterocycles. The van der Waals surface area contributed by atoms with Crippen LogP contribution in [0.3, 0.4) is 0 Å². The van der Waals surface area contributed by atoms with Gasteiger partial charge in [-0.3, -0.25) is 0 Å². The minimum Gasteiger partial charge on any atom is -0.303 e. The van der Waals surface area contributed by atoms with Crippen LogP contribution in [0.4, 0.5) is 0 Å². The standard InChI is InChI=1S/C8H12N2S2/c1-10(2)9-7-5-3-4-6(7)8-11-12-8/h3-5H2,1-2H3. The summed E-state index contributed by atoms with van der Waals surface area (Å²) in [5, 5.41) is 6.39. The first-order chi connectivity index (χ1) is 5.77. The van der Waals surface area contributed by atoms with E-state index in [2.05, 4.69) is 5.10 Å². The van der Waals surface area contributed by atoms with E-state index < -0.39 is 0 Å². The van der Waals surface area contributed by atoms with E-state index in [1.165, 1.54) is 28.4 Å². The Kier molecular flexibility index (Phi) is 2.37.